The zero-order valence-corrected chi connectivity index (χ0v) is 48.9. The highest BCUT2D eigenvalue weighted by Crippen LogP contribution is 2.53. The van der Waals surface area contributed by atoms with Gasteiger partial charge in [0.25, 0.3) is 0 Å². The Labute approximate surface area is 497 Å². The highest BCUT2D eigenvalue weighted by atomic mass is 16.5. The lowest BCUT2D eigenvalue weighted by molar-refractivity contribution is 0.157. The van der Waals surface area contributed by atoms with Gasteiger partial charge in [-0.3, -0.25) is 4.79 Å². The average molecular weight is 1140 g/mol. The molecule has 6 atom stereocenters. The van der Waals surface area contributed by atoms with Gasteiger partial charge in [0.1, 0.15) is 28.3 Å². The molecule has 2 aromatic heterocycles. The quantitative estimate of drug-likeness (QED) is 0.0476. The summed E-state index contributed by atoms with van der Waals surface area (Å²) >= 11 is 0. The monoisotopic (exact) mass is 1140 g/mol. The fraction of sp³-hybridized carbons (Fsp3) is 0.352. The number of nitrogens with two attached hydrogens (primary N) is 2. The molecule has 6 aromatic carbocycles. The Bertz CT molecular complexity index is 3830. The number of anilines is 1. The van der Waals surface area contributed by atoms with Gasteiger partial charge < -0.3 is 60.6 Å². The molecule has 0 radical (unpaired) electrons. The van der Waals surface area contributed by atoms with Crippen LogP contribution in [0.15, 0.2) is 148 Å². The van der Waals surface area contributed by atoms with E-state index in [4.69, 9.17) is 35.1 Å². The number of nitrogens with zero attached hydrogens (tertiary/aromatic N) is 2. The van der Waals surface area contributed by atoms with E-state index in [0.29, 0.717) is 47.7 Å². The predicted octanol–water partition coefficient (Wildman–Crippen LogP) is 11.2. The highest BCUT2D eigenvalue weighted by molar-refractivity contribution is 5.93. The normalized spacial score (nSPS) is 20.8. The summed E-state index contributed by atoms with van der Waals surface area (Å²) in [6, 6.07) is 42.7. The Morgan fingerprint density at radius 1 is 0.906 bits per heavy atom. The molecule has 5 aliphatic rings. The molecular weight excluding hydrogens is 1060 g/mol. The molecule has 14 heteroatoms. The second kappa shape index (κ2) is 24.7. The van der Waals surface area contributed by atoms with Crippen LogP contribution in [0.3, 0.4) is 0 Å². The van der Waals surface area contributed by atoms with Crippen LogP contribution in [0.2, 0.25) is 0 Å². The molecule has 8 aromatic rings. The number of piperazine rings is 1. The van der Waals surface area contributed by atoms with E-state index in [-0.39, 0.29) is 89.0 Å². The maximum atomic E-state index is 14.9. The van der Waals surface area contributed by atoms with Crippen molar-refractivity contribution in [2.24, 2.45) is 28.3 Å². The number of aromatic hydroxyl groups is 1. The van der Waals surface area contributed by atoms with Gasteiger partial charge in [0, 0.05) is 78.4 Å². The summed E-state index contributed by atoms with van der Waals surface area (Å²) in [7, 11) is 1.52. The number of phenolic OH excluding ortho intramolecular Hbond substituents is 1. The van der Waals surface area contributed by atoms with Crippen molar-refractivity contribution in [3.63, 3.8) is 0 Å². The minimum atomic E-state index is -0.869. The topological polar surface area (TPSA) is 214 Å². The summed E-state index contributed by atoms with van der Waals surface area (Å²) < 4.78 is 26.9. The van der Waals surface area contributed by atoms with Crippen LogP contribution in [0.1, 0.15) is 95.7 Å². The van der Waals surface area contributed by atoms with Gasteiger partial charge in [-0.15, -0.1) is 0 Å². The molecule has 4 aliphatic heterocycles. The van der Waals surface area contributed by atoms with Crippen molar-refractivity contribution in [3.05, 3.63) is 194 Å². The second-order valence-corrected chi connectivity index (χ2v) is 23.9. The highest BCUT2D eigenvalue weighted by Gasteiger charge is 2.50. The molecular formula is C71H78N6O8. The number of rotatable bonds is 11. The standard InChI is InChI=1S/C71H78N6O8/c1-4-49-16-13-46-31-43(2)59-37-58-51-12-8-11-45(32-51)15-24-57-65-64(61(81)38-62(85-65)50-18-22-55(79)23-19-50)67(83-30-26-56(80)21-14-44-9-6-5-7-10-44)68(82-3)66(57)84-42-48(41-78)35-52-17-20-54(36-60(52)76-70(72)73)71(27-25-47(39-71)34-53(49)33-46)63-40-74-28-29-77(63)69(58)75-59/h5-14,16-23,32-33,36-38,43,47-48,56,63,74-75,78-80H,4,15,24-31,34-35,39-42H2,1-3H3,(H4,72,73,76)/b21-14+/t43-,47-,48-,56-,63-,71-/m0/s1. The van der Waals surface area contributed by atoms with Crippen LogP contribution in [0.25, 0.3) is 39.5 Å². The first kappa shape index (κ1) is 57.1. The van der Waals surface area contributed by atoms with Crippen LogP contribution in [0.5, 0.6) is 23.0 Å². The minimum absolute atomic E-state index is 0.00433. The summed E-state index contributed by atoms with van der Waals surface area (Å²) in [5.41, 5.74) is 25.7. The summed E-state index contributed by atoms with van der Waals surface area (Å²) in [4.78, 5) is 26.5. The van der Waals surface area contributed by atoms with Crippen molar-refractivity contribution in [3.8, 4) is 45.4 Å². The number of aliphatic hydroxyl groups excluding tert-OH is 2. The first-order valence-electron chi connectivity index (χ1n) is 30.3. The van der Waals surface area contributed by atoms with Crippen molar-refractivity contribution in [2.75, 3.05) is 51.5 Å². The zero-order chi connectivity index (χ0) is 58.8. The van der Waals surface area contributed by atoms with Gasteiger partial charge >= 0.3 is 0 Å². The maximum absolute atomic E-state index is 14.9. The molecule has 14 nitrogen and oxygen atoms in total. The number of fused-ring (bicyclic) bond motifs is 11. The first-order chi connectivity index (χ1) is 41.4. The molecule has 10 bridgehead atoms. The Morgan fingerprint density at radius 3 is 2.55 bits per heavy atom. The predicted molar refractivity (Wildman–Crippen MR) is 338 cm³/mol. The Balaban J connectivity index is 1.04. The lowest BCUT2D eigenvalue weighted by atomic mass is 9.70. The van der Waals surface area contributed by atoms with Gasteiger partial charge in [0.15, 0.2) is 22.9 Å². The van der Waals surface area contributed by atoms with E-state index >= 15 is 0 Å². The van der Waals surface area contributed by atoms with Gasteiger partial charge in [-0.25, -0.2) is 4.99 Å². The van der Waals surface area contributed by atoms with E-state index in [0.717, 1.165) is 91.8 Å². The molecule has 0 unspecified atom stereocenters. The lowest BCUT2D eigenvalue weighted by Gasteiger charge is -2.49. The number of methoxy groups -OCH3 is 1. The van der Waals surface area contributed by atoms with Gasteiger partial charge in [0.05, 0.1) is 38.2 Å². The number of H-pyrrole nitrogens is 1. The largest absolute Gasteiger partial charge is 0.508 e. The number of guanidine groups is 1. The average Bonchev–Trinajstić information content (AvgIpc) is 2.40. The summed E-state index contributed by atoms with van der Waals surface area (Å²) in [5, 5.41) is 36.9. The molecule has 9 N–H and O–H groups in total. The summed E-state index contributed by atoms with van der Waals surface area (Å²) in [6.45, 7) is 6.80. The molecule has 0 amide bonds. The molecule has 1 aliphatic carbocycles. The molecule has 440 valence electrons. The van der Waals surface area contributed by atoms with E-state index in [1.165, 1.54) is 41.1 Å². The number of aryl methyl sites for hydroxylation is 3. The number of aliphatic imine (C=N–C) groups is 1. The lowest BCUT2D eigenvalue weighted by Crippen LogP contribution is -2.60. The number of phenols is 1. The zero-order valence-electron chi connectivity index (χ0n) is 48.9. The molecule has 85 heavy (non-hydrogen) atoms. The van der Waals surface area contributed by atoms with Crippen molar-refractivity contribution in [1.29, 1.82) is 0 Å². The Kier molecular flexibility index (Phi) is 16.6. The molecule has 1 saturated heterocycles. The van der Waals surface area contributed by atoms with E-state index in [1.54, 1.807) is 30.3 Å². The fourth-order valence-corrected chi connectivity index (χ4v) is 14.0. The number of ether oxygens (including phenoxy) is 3. The molecule has 1 spiro atoms. The van der Waals surface area contributed by atoms with Crippen molar-refractivity contribution >= 4 is 34.5 Å². The molecule has 2 fully saturated rings. The van der Waals surface area contributed by atoms with Crippen LogP contribution in [-0.4, -0.2) is 85.0 Å². The van der Waals surface area contributed by atoms with Gasteiger partial charge in [-0.05, 0) is 145 Å². The number of nitrogens with one attached hydrogen (secondary N) is 2. The smallest absolute Gasteiger partial charge is 0.204 e. The SMILES string of the molecule is CCc1ccc2cc1C[C@@H]1CC[C@]3(C1)c1ccc(c(N=C(N)N)c1)C[C@@H](CO)COc1c(OC)c(OCC[C@@H](O)/C=C/c4ccccc4)c4c(=O)cc(-c5ccc(O)cc5)oc4c1CCc1cccc(c1)-c1cc([nH]c1N1CCNC[C@H]13)[C@@H](C)C2. The van der Waals surface area contributed by atoms with Crippen LogP contribution in [0.4, 0.5) is 11.5 Å². The number of aromatic amines is 1. The number of hydrogen-bond acceptors (Lipinski definition) is 11. The first-order valence-corrected chi connectivity index (χ1v) is 30.3. The third kappa shape index (κ3) is 11.8. The third-order valence-electron chi connectivity index (χ3n) is 18.4. The van der Waals surface area contributed by atoms with Crippen LogP contribution < -0.4 is 41.3 Å². The number of benzene rings is 6. The van der Waals surface area contributed by atoms with E-state index < -0.39 is 12.0 Å². The number of aromatic nitrogens is 1. The molecule has 1 saturated carbocycles. The van der Waals surface area contributed by atoms with Gasteiger partial charge in [-0.1, -0.05) is 111 Å². The number of aliphatic hydroxyl groups is 2. The Morgan fingerprint density at radius 2 is 1.75 bits per heavy atom. The van der Waals surface area contributed by atoms with Gasteiger partial charge in [0.2, 0.25) is 5.75 Å². The van der Waals surface area contributed by atoms with Gasteiger partial charge in [-0.2, -0.15) is 0 Å². The Hall–Kier alpha value is -8.30. The van der Waals surface area contributed by atoms with Crippen LogP contribution in [0, 0.1) is 11.8 Å². The second-order valence-electron chi connectivity index (χ2n) is 23.9. The minimum Gasteiger partial charge on any atom is -0.508 e. The third-order valence-corrected chi connectivity index (χ3v) is 18.4. The van der Waals surface area contributed by atoms with Crippen LogP contribution >= 0.6 is 0 Å². The van der Waals surface area contributed by atoms with E-state index in [1.807, 2.05) is 36.4 Å². The molecule has 13 rings (SSSR count). The van der Waals surface area contributed by atoms with Crippen LogP contribution in [-0.2, 0) is 43.9 Å². The van der Waals surface area contributed by atoms with Crippen molar-refractivity contribution < 1.29 is 33.9 Å². The van der Waals surface area contributed by atoms with E-state index in [9.17, 15) is 20.1 Å². The number of hydrogen-bond donors (Lipinski definition) is 7. The van der Waals surface area contributed by atoms with Crippen molar-refractivity contribution in [1.82, 2.24) is 10.3 Å². The molecule has 6 heterocycles. The fourth-order valence-electron chi connectivity index (χ4n) is 14.0. The maximum Gasteiger partial charge on any atom is 0.204 e. The van der Waals surface area contributed by atoms with E-state index in [2.05, 4.69) is 95.8 Å². The van der Waals surface area contributed by atoms with Crippen molar-refractivity contribution in [2.45, 2.75) is 102 Å². The summed E-state index contributed by atoms with van der Waals surface area (Å²) in [5.74, 6) is 2.14. The summed E-state index contributed by atoms with van der Waals surface area (Å²) in [6.07, 6.45) is 10.0.